The van der Waals surface area contributed by atoms with E-state index in [0.717, 1.165) is 18.8 Å². The van der Waals surface area contributed by atoms with Gasteiger partial charge in [0, 0.05) is 54.1 Å². The Morgan fingerprint density at radius 3 is 2.71 bits per heavy atom. The molecule has 1 aliphatic rings. The van der Waals surface area contributed by atoms with Gasteiger partial charge in [-0.25, -0.2) is 0 Å². The number of hydrogen-bond donors (Lipinski definition) is 1. The number of anilines is 2. The van der Waals surface area contributed by atoms with Crippen LogP contribution in [0.3, 0.4) is 0 Å². The smallest absolute Gasteiger partial charge is 0.221 e. The molecule has 0 fully saturated rings. The molecule has 0 aliphatic carbocycles. The second kappa shape index (κ2) is 9.56. The number of pyridine rings is 1. The lowest BCUT2D eigenvalue weighted by atomic mass is 10.1. The molecule has 0 spiro atoms. The molecule has 0 bridgehead atoms. The Labute approximate surface area is 189 Å². The summed E-state index contributed by atoms with van der Waals surface area (Å²) in [5.74, 6) is -0.0460. The molecule has 0 saturated carbocycles. The Bertz CT molecular complexity index is 1140. The zero-order valence-corrected chi connectivity index (χ0v) is 19.3. The Hall–Kier alpha value is -2.79. The summed E-state index contributed by atoms with van der Waals surface area (Å²) in [6.07, 6.45) is 5.94. The van der Waals surface area contributed by atoms with Crippen LogP contribution in [0.4, 0.5) is 11.4 Å². The SMILES string of the molecule is CCCCC[n+]1c(/C=C2\Sc3cc(NC(C)=O)ccc3N2CC)ccc2ccccc21. The highest BCUT2D eigenvalue weighted by Gasteiger charge is 2.26. The quantitative estimate of drug-likeness (QED) is 0.356. The molecule has 1 amide bonds. The lowest BCUT2D eigenvalue weighted by Gasteiger charge is -2.18. The van der Waals surface area contributed by atoms with Gasteiger partial charge in [0.15, 0.2) is 0 Å². The fraction of sp³-hybridized carbons (Fsp3) is 0.308. The third-order valence-electron chi connectivity index (χ3n) is 5.60. The molecule has 0 atom stereocenters. The van der Waals surface area contributed by atoms with Crippen molar-refractivity contribution < 1.29 is 9.36 Å². The summed E-state index contributed by atoms with van der Waals surface area (Å²) in [6.45, 7) is 7.89. The summed E-state index contributed by atoms with van der Waals surface area (Å²) in [5, 5.41) is 5.39. The van der Waals surface area contributed by atoms with Gasteiger partial charge in [0.1, 0.15) is 6.54 Å². The van der Waals surface area contributed by atoms with Crippen LogP contribution in [0.25, 0.3) is 17.0 Å². The minimum atomic E-state index is -0.0460. The summed E-state index contributed by atoms with van der Waals surface area (Å²) in [5.41, 5.74) is 4.55. The van der Waals surface area contributed by atoms with Gasteiger partial charge >= 0.3 is 0 Å². The van der Waals surface area contributed by atoms with Crippen molar-refractivity contribution in [2.45, 2.75) is 51.5 Å². The fourth-order valence-corrected chi connectivity index (χ4v) is 5.33. The number of carbonyl (C=O) groups is 1. The van der Waals surface area contributed by atoms with Crippen molar-refractivity contribution >= 4 is 46.0 Å². The molecule has 4 rings (SSSR count). The van der Waals surface area contributed by atoms with Crippen LogP contribution in [0.15, 0.2) is 64.5 Å². The summed E-state index contributed by atoms with van der Waals surface area (Å²) < 4.78 is 2.46. The highest BCUT2D eigenvalue weighted by Crippen LogP contribution is 2.47. The number of unbranched alkanes of at least 4 members (excludes halogenated alkanes) is 2. The van der Waals surface area contributed by atoms with Crippen molar-refractivity contribution in [3.05, 3.63) is 65.3 Å². The number of aromatic nitrogens is 1. The molecule has 4 nitrogen and oxygen atoms in total. The van der Waals surface area contributed by atoms with Gasteiger partial charge in [0.25, 0.3) is 0 Å². The second-order valence-electron chi connectivity index (χ2n) is 7.87. The molecule has 0 radical (unpaired) electrons. The van der Waals surface area contributed by atoms with Crippen LogP contribution < -0.4 is 14.8 Å². The van der Waals surface area contributed by atoms with Gasteiger partial charge < -0.3 is 10.2 Å². The second-order valence-corrected chi connectivity index (χ2v) is 8.93. The lowest BCUT2D eigenvalue weighted by molar-refractivity contribution is -0.673. The maximum atomic E-state index is 11.4. The number of rotatable bonds is 7. The molecule has 5 heteroatoms. The summed E-state index contributed by atoms with van der Waals surface area (Å²) in [7, 11) is 0. The van der Waals surface area contributed by atoms with E-state index in [0.29, 0.717) is 0 Å². The average Bonchev–Trinajstić information content (AvgIpc) is 3.10. The lowest BCUT2D eigenvalue weighted by Crippen LogP contribution is -2.38. The maximum absolute atomic E-state index is 11.4. The number of amides is 1. The van der Waals surface area contributed by atoms with E-state index in [1.165, 1.54) is 51.5 Å². The largest absolute Gasteiger partial charge is 0.335 e. The topological polar surface area (TPSA) is 36.2 Å². The Morgan fingerprint density at radius 2 is 1.94 bits per heavy atom. The zero-order chi connectivity index (χ0) is 21.8. The number of carbonyl (C=O) groups excluding carboxylic acids is 1. The average molecular weight is 433 g/mol. The van der Waals surface area contributed by atoms with Crippen LogP contribution in [-0.2, 0) is 11.3 Å². The van der Waals surface area contributed by atoms with Gasteiger partial charge in [0.2, 0.25) is 17.1 Å². The van der Waals surface area contributed by atoms with E-state index >= 15 is 0 Å². The molecule has 1 aliphatic heterocycles. The number of hydrogen-bond acceptors (Lipinski definition) is 3. The third-order valence-corrected chi connectivity index (χ3v) is 6.69. The van der Waals surface area contributed by atoms with E-state index in [1.54, 1.807) is 18.7 Å². The number of fused-ring (bicyclic) bond motifs is 2. The first kappa shape index (κ1) is 21.4. The fourth-order valence-electron chi connectivity index (χ4n) is 4.12. The molecular formula is C26H30N3OS+. The van der Waals surface area contributed by atoms with Crippen LogP contribution in [0, 0.1) is 0 Å². The van der Waals surface area contributed by atoms with E-state index in [-0.39, 0.29) is 5.91 Å². The normalized spacial score (nSPS) is 14.3. The predicted octanol–water partition coefficient (Wildman–Crippen LogP) is 6.21. The van der Waals surface area contributed by atoms with Crippen LogP contribution in [0.2, 0.25) is 0 Å². The van der Waals surface area contributed by atoms with Gasteiger partial charge in [-0.2, -0.15) is 4.57 Å². The summed E-state index contributed by atoms with van der Waals surface area (Å²) in [6, 6.07) is 19.2. The van der Waals surface area contributed by atoms with Gasteiger partial charge in [-0.05, 0) is 43.7 Å². The van der Waals surface area contributed by atoms with Crippen molar-refractivity contribution in [2.75, 3.05) is 16.8 Å². The molecule has 0 saturated heterocycles. The predicted molar refractivity (Wildman–Crippen MR) is 131 cm³/mol. The van der Waals surface area contributed by atoms with E-state index < -0.39 is 0 Å². The van der Waals surface area contributed by atoms with Gasteiger partial charge in [-0.3, -0.25) is 4.79 Å². The third kappa shape index (κ3) is 4.62. The number of benzene rings is 2. The van der Waals surface area contributed by atoms with Crippen molar-refractivity contribution in [2.24, 2.45) is 0 Å². The highest BCUT2D eigenvalue weighted by atomic mass is 32.2. The van der Waals surface area contributed by atoms with Crippen molar-refractivity contribution in [3.63, 3.8) is 0 Å². The van der Waals surface area contributed by atoms with Crippen molar-refractivity contribution in [3.8, 4) is 0 Å². The molecular weight excluding hydrogens is 402 g/mol. The van der Waals surface area contributed by atoms with E-state index in [1.807, 2.05) is 6.07 Å². The Balaban J connectivity index is 1.73. The van der Waals surface area contributed by atoms with Gasteiger partial charge in [-0.1, -0.05) is 37.2 Å². The van der Waals surface area contributed by atoms with Crippen LogP contribution in [-0.4, -0.2) is 12.5 Å². The first-order valence-corrected chi connectivity index (χ1v) is 11.9. The zero-order valence-electron chi connectivity index (χ0n) is 18.5. The molecule has 0 unspecified atom stereocenters. The monoisotopic (exact) mass is 432 g/mol. The van der Waals surface area contributed by atoms with Crippen molar-refractivity contribution in [1.29, 1.82) is 0 Å². The van der Waals surface area contributed by atoms with Crippen molar-refractivity contribution in [1.82, 2.24) is 0 Å². The standard InChI is InChI=1S/C26H29N3OS/c1-4-6-9-16-29-22(14-12-20-10-7-8-11-23(20)29)18-26-28(5-2)24-15-13-21(27-19(3)30)17-25(24)31-26/h7-8,10-15,17-18H,4-6,9,16H2,1-3H3/p+1. The first-order valence-electron chi connectivity index (χ1n) is 11.1. The first-order chi connectivity index (χ1) is 15.1. The molecule has 1 N–H and O–H groups in total. The Morgan fingerprint density at radius 1 is 1.10 bits per heavy atom. The number of nitrogens with one attached hydrogen (secondary N) is 1. The number of nitrogens with zero attached hydrogens (tertiary/aromatic N) is 2. The van der Waals surface area contributed by atoms with Gasteiger partial charge in [-0.15, -0.1) is 0 Å². The van der Waals surface area contributed by atoms with Crippen LogP contribution in [0.1, 0.15) is 45.7 Å². The molecule has 2 aromatic carbocycles. The molecule has 31 heavy (non-hydrogen) atoms. The Kier molecular flexibility index (Phi) is 6.62. The maximum Gasteiger partial charge on any atom is 0.221 e. The van der Waals surface area contributed by atoms with Crippen LogP contribution >= 0.6 is 11.8 Å². The molecule has 160 valence electrons. The van der Waals surface area contributed by atoms with Crippen LogP contribution in [0.5, 0.6) is 0 Å². The van der Waals surface area contributed by atoms with E-state index in [4.69, 9.17) is 0 Å². The highest BCUT2D eigenvalue weighted by molar-refractivity contribution is 8.03. The number of thioether (sulfide) groups is 1. The van der Waals surface area contributed by atoms with E-state index in [9.17, 15) is 4.79 Å². The van der Waals surface area contributed by atoms with Gasteiger partial charge in [0.05, 0.1) is 10.7 Å². The minimum Gasteiger partial charge on any atom is -0.335 e. The number of aryl methyl sites for hydroxylation is 1. The minimum absolute atomic E-state index is 0.0460. The summed E-state index contributed by atoms with van der Waals surface area (Å²) >= 11 is 1.77. The molecule has 3 aromatic rings. The van der Waals surface area contributed by atoms with E-state index in [2.05, 4.69) is 83.2 Å². The number of para-hydroxylation sites is 1. The molecule has 1 aromatic heterocycles. The molecule has 2 heterocycles. The summed E-state index contributed by atoms with van der Waals surface area (Å²) in [4.78, 5) is 15.0.